The third-order valence-electron chi connectivity index (χ3n) is 1.95. The average molecular weight is 180 g/mol. The molecule has 1 aromatic heterocycles. The molecule has 2 heteroatoms. The second kappa shape index (κ2) is 3.20. The monoisotopic (exact) mass is 179 g/mol. The van der Waals surface area contributed by atoms with Gasteiger partial charge in [-0.2, -0.15) is 0 Å². The summed E-state index contributed by atoms with van der Waals surface area (Å²) in [5, 5.41) is 2.56. The van der Waals surface area contributed by atoms with E-state index >= 15 is 0 Å². The summed E-state index contributed by atoms with van der Waals surface area (Å²) in [5.74, 6) is 0.668. The Hall–Kier alpha value is -0.950. The largest absolute Gasteiger partial charge is 0.352 e. The molecule has 1 heterocycles. The minimum absolute atomic E-state index is 0.668. The molecule has 2 aromatic rings. The molecule has 0 saturated heterocycles. The molecule has 0 aliphatic rings. The number of halogens is 1. The lowest BCUT2D eigenvalue weighted by Crippen LogP contribution is -1.93. The first-order valence-electron chi connectivity index (χ1n) is 4.00. The maximum atomic E-state index is 5.64. The van der Waals surface area contributed by atoms with Crippen LogP contribution in [0.2, 0.25) is 0 Å². The summed E-state index contributed by atoms with van der Waals surface area (Å²) in [7, 11) is 0. The number of hydrogen-bond donors (Lipinski definition) is 0. The van der Waals surface area contributed by atoms with Gasteiger partial charge in [0.1, 0.15) is 0 Å². The summed E-state index contributed by atoms with van der Waals surface area (Å²) in [6, 6.07) is 8.32. The van der Waals surface area contributed by atoms with Gasteiger partial charge in [0.25, 0.3) is 0 Å². The van der Waals surface area contributed by atoms with E-state index in [-0.39, 0.29) is 0 Å². The van der Waals surface area contributed by atoms with Gasteiger partial charge in [-0.1, -0.05) is 24.3 Å². The van der Waals surface area contributed by atoms with Crippen LogP contribution in [0.25, 0.3) is 10.8 Å². The van der Waals surface area contributed by atoms with Crippen LogP contribution in [0, 0.1) is 0 Å². The number of fused-ring (bicyclic) bond motifs is 1. The summed E-state index contributed by atoms with van der Waals surface area (Å²) in [5.41, 5.74) is 0. The fourth-order valence-corrected chi connectivity index (χ4v) is 1.56. The van der Waals surface area contributed by atoms with Crippen LogP contribution < -0.4 is 0 Å². The van der Waals surface area contributed by atoms with Crippen molar-refractivity contribution >= 4 is 22.4 Å². The highest BCUT2D eigenvalue weighted by Crippen LogP contribution is 2.14. The molecule has 0 aliphatic carbocycles. The average Bonchev–Trinajstić information content (AvgIpc) is 2.47. The Morgan fingerprint density at radius 3 is 2.17 bits per heavy atom. The van der Waals surface area contributed by atoms with Crippen molar-refractivity contribution in [3.63, 3.8) is 0 Å². The highest BCUT2D eigenvalue weighted by Gasteiger charge is 1.95. The van der Waals surface area contributed by atoms with E-state index in [1.165, 1.54) is 10.8 Å². The Bertz CT molecular complexity index is 345. The van der Waals surface area contributed by atoms with Crippen molar-refractivity contribution in [3.05, 3.63) is 36.7 Å². The van der Waals surface area contributed by atoms with Gasteiger partial charge in [-0.3, -0.25) is 0 Å². The zero-order valence-electron chi connectivity index (χ0n) is 6.70. The highest BCUT2D eigenvalue weighted by atomic mass is 35.5. The number of aryl methyl sites for hydroxylation is 1. The molecule has 0 aliphatic heterocycles. The summed E-state index contributed by atoms with van der Waals surface area (Å²) >= 11 is 5.64. The van der Waals surface area contributed by atoms with Crippen molar-refractivity contribution in [2.75, 3.05) is 5.88 Å². The fraction of sp³-hybridized carbons (Fsp3) is 0.200. The SMILES string of the molecule is ClCCn1cc2ccccc2c1. The normalized spacial score (nSPS) is 10.8. The zero-order chi connectivity index (χ0) is 8.39. The molecular weight excluding hydrogens is 170 g/mol. The molecule has 0 atom stereocenters. The fourth-order valence-electron chi connectivity index (χ4n) is 1.37. The summed E-state index contributed by atoms with van der Waals surface area (Å²) in [6.07, 6.45) is 4.25. The van der Waals surface area contributed by atoms with Crippen LogP contribution in [0.15, 0.2) is 36.7 Å². The van der Waals surface area contributed by atoms with Crippen molar-refractivity contribution in [1.29, 1.82) is 0 Å². The first-order valence-corrected chi connectivity index (χ1v) is 4.54. The van der Waals surface area contributed by atoms with Crippen LogP contribution in [0.4, 0.5) is 0 Å². The van der Waals surface area contributed by atoms with E-state index in [0.29, 0.717) is 5.88 Å². The number of alkyl halides is 1. The lowest BCUT2D eigenvalue weighted by Gasteiger charge is -1.94. The second-order valence-corrected chi connectivity index (χ2v) is 3.19. The smallest absolute Gasteiger partial charge is 0.0403 e. The van der Waals surface area contributed by atoms with Crippen LogP contribution in [0.5, 0.6) is 0 Å². The molecule has 0 saturated carbocycles. The Morgan fingerprint density at radius 1 is 1.08 bits per heavy atom. The van der Waals surface area contributed by atoms with E-state index in [0.717, 1.165) is 6.54 Å². The van der Waals surface area contributed by atoms with Gasteiger partial charge in [-0.05, 0) is 10.8 Å². The van der Waals surface area contributed by atoms with E-state index in [9.17, 15) is 0 Å². The van der Waals surface area contributed by atoms with E-state index in [1.807, 2.05) is 12.1 Å². The summed E-state index contributed by atoms with van der Waals surface area (Å²) < 4.78 is 2.12. The highest BCUT2D eigenvalue weighted by molar-refractivity contribution is 6.17. The van der Waals surface area contributed by atoms with E-state index in [4.69, 9.17) is 11.6 Å². The molecular formula is C10H10ClN. The van der Waals surface area contributed by atoms with E-state index in [2.05, 4.69) is 29.1 Å². The van der Waals surface area contributed by atoms with E-state index < -0.39 is 0 Å². The van der Waals surface area contributed by atoms with Gasteiger partial charge >= 0.3 is 0 Å². The minimum atomic E-state index is 0.668. The molecule has 12 heavy (non-hydrogen) atoms. The molecule has 2 rings (SSSR count). The van der Waals surface area contributed by atoms with Crippen LogP contribution >= 0.6 is 11.6 Å². The molecule has 0 bridgehead atoms. The van der Waals surface area contributed by atoms with Crippen LogP contribution in [0.3, 0.4) is 0 Å². The maximum absolute atomic E-state index is 5.64. The second-order valence-electron chi connectivity index (χ2n) is 2.81. The lowest BCUT2D eigenvalue weighted by molar-refractivity contribution is 0.778. The van der Waals surface area contributed by atoms with Gasteiger partial charge in [0.05, 0.1) is 0 Å². The van der Waals surface area contributed by atoms with Crippen molar-refractivity contribution in [2.24, 2.45) is 0 Å². The van der Waals surface area contributed by atoms with Gasteiger partial charge in [0, 0.05) is 24.8 Å². The predicted molar refractivity (Wildman–Crippen MR) is 52.7 cm³/mol. The number of benzene rings is 1. The van der Waals surface area contributed by atoms with Gasteiger partial charge in [-0.15, -0.1) is 11.6 Å². The third kappa shape index (κ3) is 1.32. The first-order chi connectivity index (χ1) is 5.90. The number of hydrogen-bond acceptors (Lipinski definition) is 0. The van der Waals surface area contributed by atoms with Crippen LogP contribution in [0.1, 0.15) is 0 Å². The van der Waals surface area contributed by atoms with Gasteiger partial charge in [0.2, 0.25) is 0 Å². The Morgan fingerprint density at radius 2 is 1.67 bits per heavy atom. The summed E-state index contributed by atoms with van der Waals surface area (Å²) in [6.45, 7) is 0.885. The third-order valence-corrected chi connectivity index (χ3v) is 2.12. The zero-order valence-corrected chi connectivity index (χ0v) is 7.46. The predicted octanol–water partition coefficient (Wildman–Crippen LogP) is 2.88. The standard InChI is InChI=1S/C10H10ClN/c11-5-6-12-7-9-3-1-2-4-10(9)8-12/h1-4,7-8H,5-6H2. The molecule has 0 amide bonds. The Labute approximate surface area is 76.6 Å². The molecule has 62 valence electrons. The topological polar surface area (TPSA) is 4.93 Å². The maximum Gasteiger partial charge on any atom is 0.0403 e. The quantitative estimate of drug-likeness (QED) is 0.625. The molecule has 0 fully saturated rings. The Balaban J connectivity index is 2.47. The Kier molecular flexibility index (Phi) is 2.05. The molecule has 0 N–H and O–H groups in total. The minimum Gasteiger partial charge on any atom is -0.352 e. The van der Waals surface area contributed by atoms with E-state index in [1.54, 1.807) is 0 Å². The molecule has 1 aromatic carbocycles. The van der Waals surface area contributed by atoms with Crippen molar-refractivity contribution in [2.45, 2.75) is 6.54 Å². The van der Waals surface area contributed by atoms with Crippen molar-refractivity contribution < 1.29 is 0 Å². The van der Waals surface area contributed by atoms with Gasteiger partial charge < -0.3 is 4.57 Å². The molecule has 1 nitrogen and oxygen atoms in total. The molecule has 0 unspecified atom stereocenters. The van der Waals surface area contributed by atoms with Gasteiger partial charge in [-0.25, -0.2) is 0 Å². The number of aromatic nitrogens is 1. The molecule has 0 radical (unpaired) electrons. The number of nitrogens with zero attached hydrogens (tertiary/aromatic N) is 1. The lowest BCUT2D eigenvalue weighted by atomic mass is 10.2. The summed E-state index contributed by atoms with van der Waals surface area (Å²) in [4.78, 5) is 0. The molecule has 0 spiro atoms. The van der Waals surface area contributed by atoms with Crippen LogP contribution in [-0.2, 0) is 6.54 Å². The van der Waals surface area contributed by atoms with Gasteiger partial charge in [0.15, 0.2) is 0 Å². The van der Waals surface area contributed by atoms with Crippen LogP contribution in [-0.4, -0.2) is 10.4 Å². The number of rotatable bonds is 2. The van der Waals surface area contributed by atoms with Crippen molar-refractivity contribution in [3.8, 4) is 0 Å². The first kappa shape index (κ1) is 7.69. The van der Waals surface area contributed by atoms with Crippen molar-refractivity contribution in [1.82, 2.24) is 4.57 Å².